The molecule has 0 amide bonds. The van der Waals surface area contributed by atoms with Crippen LogP contribution in [0.2, 0.25) is 0 Å². The van der Waals surface area contributed by atoms with Crippen molar-refractivity contribution in [2.45, 2.75) is 59.0 Å². The number of aliphatic hydroxyl groups excluding tert-OH is 1. The van der Waals surface area contributed by atoms with Crippen LogP contribution in [0.25, 0.3) is 0 Å². The minimum Gasteiger partial charge on any atom is -0.396 e. The molecule has 0 radical (unpaired) electrons. The second-order valence-electron chi connectivity index (χ2n) is 5.58. The van der Waals surface area contributed by atoms with Crippen molar-refractivity contribution in [3.05, 3.63) is 24.3 Å². The summed E-state index contributed by atoms with van der Waals surface area (Å²) in [6.45, 7) is 8.02. The number of aliphatic hydroxyl groups is 2. The summed E-state index contributed by atoms with van der Waals surface area (Å²) in [7, 11) is 0. The van der Waals surface area contributed by atoms with Crippen LogP contribution in [0.15, 0.2) is 24.3 Å². The summed E-state index contributed by atoms with van der Waals surface area (Å²) in [5, 5.41) is 18.7. The highest BCUT2D eigenvalue weighted by Gasteiger charge is 2.18. The van der Waals surface area contributed by atoms with Gasteiger partial charge in [-0.15, -0.1) is 0 Å². The lowest BCUT2D eigenvalue weighted by molar-refractivity contribution is 0.132. The van der Waals surface area contributed by atoms with Gasteiger partial charge in [0.2, 0.25) is 0 Å². The Morgan fingerprint density at radius 1 is 1.06 bits per heavy atom. The van der Waals surface area contributed by atoms with Crippen LogP contribution in [0, 0.1) is 5.41 Å². The van der Waals surface area contributed by atoms with E-state index < -0.39 is 5.60 Å². The van der Waals surface area contributed by atoms with Gasteiger partial charge in [-0.2, -0.15) is 0 Å². The van der Waals surface area contributed by atoms with Gasteiger partial charge in [0, 0.05) is 6.61 Å². The zero-order valence-corrected chi connectivity index (χ0v) is 11.7. The van der Waals surface area contributed by atoms with E-state index in [4.69, 9.17) is 5.11 Å². The minimum absolute atomic E-state index is 0.00826. The van der Waals surface area contributed by atoms with Crippen LogP contribution in [0.3, 0.4) is 0 Å². The van der Waals surface area contributed by atoms with E-state index in [0.717, 1.165) is 25.7 Å². The molecule has 0 fully saturated rings. The van der Waals surface area contributed by atoms with Crippen molar-refractivity contribution >= 4 is 0 Å². The predicted octanol–water partition coefficient (Wildman–Crippen LogP) is 3.45. The van der Waals surface area contributed by atoms with Gasteiger partial charge in [0.15, 0.2) is 0 Å². The first-order valence-electron chi connectivity index (χ1n) is 6.51. The van der Waals surface area contributed by atoms with E-state index in [9.17, 15) is 5.11 Å². The predicted molar refractivity (Wildman–Crippen MR) is 73.9 cm³/mol. The minimum atomic E-state index is -0.757. The maximum absolute atomic E-state index is 9.60. The molecule has 0 aromatic heterocycles. The third-order valence-electron chi connectivity index (χ3n) is 2.77. The molecule has 0 aliphatic carbocycles. The van der Waals surface area contributed by atoms with Gasteiger partial charge in [0.25, 0.3) is 0 Å². The van der Waals surface area contributed by atoms with Crippen LogP contribution in [-0.4, -0.2) is 22.4 Å². The average molecular weight is 240 g/mol. The molecule has 1 atom stereocenters. The topological polar surface area (TPSA) is 40.5 Å². The maximum atomic E-state index is 9.60. The Bertz CT molecular complexity index is 248. The van der Waals surface area contributed by atoms with Gasteiger partial charge in [-0.05, 0) is 38.5 Å². The van der Waals surface area contributed by atoms with Crippen LogP contribution < -0.4 is 0 Å². The molecule has 0 heterocycles. The zero-order valence-electron chi connectivity index (χ0n) is 11.7. The van der Waals surface area contributed by atoms with Crippen LogP contribution >= 0.6 is 0 Å². The molecule has 17 heavy (non-hydrogen) atoms. The second-order valence-corrected chi connectivity index (χ2v) is 5.58. The number of allylic oxidation sites excluding steroid dienone is 3. The summed E-state index contributed by atoms with van der Waals surface area (Å²) in [4.78, 5) is 0. The number of unbranched alkanes of at least 4 members (excludes halogenated alkanes) is 1. The second kappa shape index (κ2) is 7.67. The summed E-state index contributed by atoms with van der Waals surface area (Å²) in [6, 6.07) is 0. The number of rotatable bonds is 8. The van der Waals surface area contributed by atoms with Crippen LogP contribution in [-0.2, 0) is 0 Å². The fourth-order valence-corrected chi connectivity index (χ4v) is 1.66. The number of hydrogen-bond acceptors (Lipinski definition) is 2. The summed E-state index contributed by atoms with van der Waals surface area (Å²) in [6.07, 6.45) is 12.0. The third-order valence-corrected chi connectivity index (χ3v) is 2.77. The van der Waals surface area contributed by atoms with E-state index in [-0.39, 0.29) is 12.0 Å². The summed E-state index contributed by atoms with van der Waals surface area (Å²) >= 11 is 0. The smallest absolute Gasteiger partial charge is 0.0771 e. The van der Waals surface area contributed by atoms with E-state index >= 15 is 0 Å². The SMILES string of the molecule is CCC/C=C/C(C)(C/C=C/C(C)(C)O)CCO. The standard InChI is InChI=1S/C15H28O2/c1-5-6-7-10-15(4,12-13-16)11-8-9-14(2,3)17/h7-10,16-17H,5-6,11-13H2,1-4H3/b9-8+,10-7+. The molecule has 0 aromatic carbocycles. The molecule has 0 saturated heterocycles. The summed E-state index contributed by atoms with van der Waals surface area (Å²) < 4.78 is 0. The largest absolute Gasteiger partial charge is 0.396 e. The van der Waals surface area contributed by atoms with Crippen molar-refractivity contribution in [1.82, 2.24) is 0 Å². The zero-order chi connectivity index (χ0) is 13.4. The highest BCUT2D eigenvalue weighted by Crippen LogP contribution is 2.28. The Hall–Kier alpha value is -0.600. The lowest BCUT2D eigenvalue weighted by Crippen LogP contribution is -2.17. The fourth-order valence-electron chi connectivity index (χ4n) is 1.66. The van der Waals surface area contributed by atoms with Gasteiger partial charge in [0.05, 0.1) is 5.60 Å². The fraction of sp³-hybridized carbons (Fsp3) is 0.733. The lowest BCUT2D eigenvalue weighted by Gasteiger charge is -2.24. The van der Waals surface area contributed by atoms with Gasteiger partial charge in [-0.1, -0.05) is 44.6 Å². The molecule has 0 saturated carbocycles. The van der Waals surface area contributed by atoms with Crippen LogP contribution in [0.4, 0.5) is 0 Å². The highest BCUT2D eigenvalue weighted by atomic mass is 16.3. The Balaban J connectivity index is 4.45. The van der Waals surface area contributed by atoms with E-state index in [2.05, 4.69) is 26.0 Å². The summed E-state index contributed by atoms with van der Waals surface area (Å²) in [5.41, 5.74) is -0.765. The Kier molecular flexibility index (Phi) is 7.40. The van der Waals surface area contributed by atoms with E-state index in [0.29, 0.717) is 0 Å². The molecule has 2 heteroatoms. The van der Waals surface area contributed by atoms with Crippen LogP contribution in [0.1, 0.15) is 53.4 Å². The first-order chi connectivity index (χ1) is 7.83. The van der Waals surface area contributed by atoms with Crippen molar-refractivity contribution in [2.75, 3.05) is 6.61 Å². The molecule has 0 bridgehead atoms. The molecule has 0 rings (SSSR count). The molecule has 1 unspecified atom stereocenters. The van der Waals surface area contributed by atoms with E-state index in [1.54, 1.807) is 13.8 Å². The first-order valence-corrected chi connectivity index (χ1v) is 6.51. The molecule has 0 aliphatic heterocycles. The van der Waals surface area contributed by atoms with E-state index in [1.807, 2.05) is 12.2 Å². The molecule has 2 N–H and O–H groups in total. The van der Waals surface area contributed by atoms with Gasteiger partial charge in [-0.3, -0.25) is 0 Å². The summed E-state index contributed by atoms with van der Waals surface area (Å²) in [5.74, 6) is 0. The Labute approximate surface area is 106 Å². The monoisotopic (exact) mass is 240 g/mol. The van der Waals surface area contributed by atoms with Crippen LogP contribution in [0.5, 0.6) is 0 Å². The Morgan fingerprint density at radius 2 is 1.71 bits per heavy atom. The molecular weight excluding hydrogens is 212 g/mol. The van der Waals surface area contributed by atoms with Crippen molar-refractivity contribution < 1.29 is 10.2 Å². The normalized spacial score (nSPS) is 16.8. The molecule has 100 valence electrons. The molecule has 0 aromatic rings. The van der Waals surface area contributed by atoms with Crippen molar-refractivity contribution in [1.29, 1.82) is 0 Å². The molecule has 0 aliphatic rings. The molecule has 2 nitrogen and oxygen atoms in total. The maximum Gasteiger partial charge on any atom is 0.0771 e. The Morgan fingerprint density at radius 3 is 2.18 bits per heavy atom. The lowest BCUT2D eigenvalue weighted by atomic mass is 9.82. The quantitative estimate of drug-likeness (QED) is 0.638. The van der Waals surface area contributed by atoms with Gasteiger partial charge < -0.3 is 10.2 Å². The van der Waals surface area contributed by atoms with E-state index in [1.165, 1.54) is 0 Å². The highest BCUT2D eigenvalue weighted by molar-refractivity contribution is 5.04. The van der Waals surface area contributed by atoms with Gasteiger partial charge in [0.1, 0.15) is 0 Å². The van der Waals surface area contributed by atoms with Crippen molar-refractivity contribution in [2.24, 2.45) is 5.41 Å². The van der Waals surface area contributed by atoms with Gasteiger partial charge in [-0.25, -0.2) is 0 Å². The molecule has 0 spiro atoms. The molecular formula is C15H28O2. The van der Waals surface area contributed by atoms with Crippen molar-refractivity contribution in [3.63, 3.8) is 0 Å². The third kappa shape index (κ3) is 9.13. The number of hydrogen-bond donors (Lipinski definition) is 2. The first kappa shape index (κ1) is 16.4. The van der Waals surface area contributed by atoms with Gasteiger partial charge >= 0.3 is 0 Å². The average Bonchev–Trinajstić information content (AvgIpc) is 2.16. The van der Waals surface area contributed by atoms with Crippen molar-refractivity contribution in [3.8, 4) is 0 Å².